The molecule has 1 aliphatic heterocycles. The quantitative estimate of drug-likeness (QED) is 0.855. The van der Waals surface area contributed by atoms with Gasteiger partial charge in [-0.15, -0.1) is 0 Å². The Balaban J connectivity index is 1.94. The van der Waals surface area contributed by atoms with Crippen LogP contribution in [0.2, 0.25) is 0 Å². The van der Waals surface area contributed by atoms with Crippen molar-refractivity contribution in [2.75, 3.05) is 6.61 Å². The number of aromatic nitrogens is 2. The van der Waals surface area contributed by atoms with Gasteiger partial charge in [-0.05, 0) is 31.9 Å². The summed E-state index contributed by atoms with van der Waals surface area (Å²) in [5.74, 6) is 0.729. The maximum atomic E-state index is 14.3. The second kappa shape index (κ2) is 7.14. The van der Waals surface area contributed by atoms with Crippen molar-refractivity contribution in [2.24, 2.45) is 0 Å². The van der Waals surface area contributed by atoms with E-state index in [1.807, 2.05) is 32.0 Å². The van der Waals surface area contributed by atoms with E-state index >= 15 is 0 Å². The van der Waals surface area contributed by atoms with Crippen LogP contribution in [0.15, 0.2) is 29.2 Å². The molecule has 7 nitrogen and oxygen atoms in total. The van der Waals surface area contributed by atoms with Gasteiger partial charge >= 0.3 is 5.69 Å². The van der Waals surface area contributed by atoms with Gasteiger partial charge in [0.25, 0.3) is 0 Å². The van der Waals surface area contributed by atoms with Crippen molar-refractivity contribution < 1.29 is 24.1 Å². The molecule has 1 aromatic heterocycles. The third-order valence-electron chi connectivity index (χ3n) is 4.44. The summed E-state index contributed by atoms with van der Waals surface area (Å²) in [6, 6.07) is 5.67. The van der Waals surface area contributed by atoms with Gasteiger partial charge in [-0.1, -0.05) is 18.2 Å². The molecule has 0 radical (unpaired) electrons. The average molecular weight is 364 g/mol. The fourth-order valence-electron chi connectivity index (χ4n) is 2.97. The lowest BCUT2D eigenvalue weighted by Crippen LogP contribution is -2.33. The fourth-order valence-corrected chi connectivity index (χ4v) is 2.97. The number of benzene rings is 1. The first-order chi connectivity index (χ1) is 12.3. The molecule has 4 atom stereocenters. The largest absolute Gasteiger partial charge is 0.438 e. The van der Waals surface area contributed by atoms with E-state index in [1.54, 1.807) is 6.92 Å². The molecule has 0 amide bonds. The lowest BCUT2D eigenvalue weighted by atomic mass is 10.1. The molecule has 8 heteroatoms. The van der Waals surface area contributed by atoms with Crippen LogP contribution < -0.4 is 10.4 Å². The predicted octanol–water partition coefficient (Wildman–Crippen LogP) is 1.55. The minimum absolute atomic E-state index is 0.122. The first kappa shape index (κ1) is 18.5. The Morgan fingerprint density at radius 2 is 1.92 bits per heavy atom. The van der Waals surface area contributed by atoms with E-state index in [1.165, 1.54) is 6.20 Å². The van der Waals surface area contributed by atoms with Crippen molar-refractivity contribution in [1.82, 2.24) is 9.55 Å². The van der Waals surface area contributed by atoms with Gasteiger partial charge in [0.1, 0.15) is 18.0 Å². The third kappa shape index (κ3) is 3.23. The molecule has 1 unspecified atom stereocenters. The van der Waals surface area contributed by atoms with Crippen LogP contribution in [0.25, 0.3) is 0 Å². The van der Waals surface area contributed by atoms with Gasteiger partial charge in [0.2, 0.25) is 5.88 Å². The summed E-state index contributed by atoms with van der Waals surface area (Å²) >= 11 is 0. The van der Waals surface area contributed by atoms with Crippen LogP contribution in [-0.4, -0.2) is 44.8 Å². The molecule has 140 valence electrons. The van der Waals surface area contributed by atoms with Crippen molar-refractivity contribution in [3.05, 3.63) is 51.6 Å². The zero-order chi connectivity index (χ0) is 19.0. The highest BCUT2D eigenvalue weighted by Crippen LogP contribution is 2.32. The minimum Gasteiger partial charge on any atom is -0.438 e. The molecule has 1 aliphatic rings. The summed E-state index contributed by atoms with van der Waals surface area (Å²) in [5.41, 5.74) is 1.53. The Bertz CT molecular complexity index is 849. The Labute approximate surface area is 149 Å². The molecule has 1 aromatic carbocycles. The number of nitrogens with zero attached hydrogens (tertiary/aromatic N) is 2. The molecule has 2 N–H and O–H groups in total. The third-order valence-corrected chi connectivity index (χ3v) is 4.44. The van der Waals surface area contributed by atoms with Gasteiger partial charge in [-0.25, -0.2) is 9.18 Å². The smallest absolute Gasteiger partial charge is 0.353 e. The van der Waals surface area contributed by atoms with Crippen molar-refractivity contribution >= 4 is 0 Å². The minimum atomic E-state index is -1.85. The second-order valence-corrected chi connectivity index (χ2v) is 6.42. The maximum absolute atomic E-state index is 14.3. The van der Waals surface area contributed by atoms with Crippen molar-refractivity contribution in [3.8, 4) is 11.6 Å². The Morgan fingerprint density at radius 3 is 2.50 bits per heavy atom. The van der Waals surface area contributed by atoms with E-state index in [2.05, 4.69) is 4.98 Å². The Kier molecular flexibility index (Phi) is 5.08. The number of hydrogen-bond donors (Lipinski definition) is 2. The van der Waals surface area contributed by atoms with E-state index in [9.17, 15) is 14.3 Å². The van der Waals surface area contributed by atoms with Gasteiger partial charge in [0.15, 0.2) is 12.4 Å². The topological polar surface area (TPSA) is 93.8 Å². The number of hydrogen-bond acceptors (Lipinski definition) is 6. The van der Waals surface area contributed by atoms with Crippen molar-refractivity contribution in [3.63, 3.8) is 0 Å². The molecule has 0 aliphatic carbocycles. The number of aliphatic hydroxyl groups is 2. The van der Waals surface area contributed by atoms with Gasteiger partial charge in [-0.3, -0.25) is 4.57 Å². The number of rotatable bonds is 4. The molecule has 0 bridgehead atoms. The van der Waals surface area contributed by atoms with E-state index in [-0.39, 0.29) is 5.88 Å². The second-order valence-electron chi connectivity index (χ2n) is 6.42. The molecular weight excluding hydrogens is 343 g/mol. The number of alkyl halides is 1. The summed E-state index contributed by atoms with van der Waals surface area (Å²) in [6.07, 6.45) is -4.43. The lowest BCUT2D eigenvalue weighted by Gasteiger charge is -2.18. The van der Waals surface area contributed by atoms with Crippen LogP contribution in [0, 0.1) is 20.8 Å². The number of aryl methyl sites for hydroxylation is 3. The Morgan fingerprint density at radius 1 is 1.27 bits per heavy atom. The van der Waals surface area contributed by atoms with Crippen LogP contribution in [-0.2, 0) is 4.74 Å². The molecule has 2 aromatic rings. The summed E-state index contributed by atoms with van der Waals surface area (Å²) in [4.78, 5) is 16.3. The summed E-state index contributed by atoms with van der Waals surface area (Å²) < 4.78 is 26.3. The van der Waals surface area contributed by atoms with Crippen molar-refractivity contribution in [2.45, 2.75) is 45.4 Å². The average Bonchev–Trinajstić information content (AvgIpc) is 2.89. The van der Waals surface area contributed by atoms with Gasteiger partial charge < -0.3 is 19.7 Å². The van der Waals surface area contributed by atoms with Crippen LogP contribution >= 0.6 is 0 Å². The Hall–Kier alpha value is -2.29. The molecule has 0 saturated carbocycles. The normalized spacial score (nSPS) is 25.5. The van der Waals surface area contributed by atoms with Gasteiger partial charge in [-0.2, -0.15) is 4.98 Å². The number of ether oxygens (including phenoxy) is 2. The predicted molar refractivity (Wildman–Crippen MR) is 91.1 cm³/mol. The SMILES string of the molecule is Cc1cn([C@H]2O[C@@H](CO)C(O)[C@H]2F)c(=O)nc1Oc1c(C)cccc1C. The molecule has 3 rings (SSSR count). The first-order valence-electron chi connectivity index (χ1n) is 8.25. The van der Waals surface area contributed by atoms with E-state index in [4.69, 9.17) is 14.6 Å². The first-order valence-corrected chi connectivity index (χ1v) is 8.25. The van der Waals surface area contributed by atoms with E-state index in [0.29, 0.717) is 11.3 Å². The van der Waals surface area contributed by atoms with E-state index < -0.39 is 36.9 Å². The number of aliphatic hydroxyl groups excluding tert-OH is 2. The lowest BCUT2D eigenvalue weighted by molar-refractivity contribution is -0.0492. The summed E-state index contributed by atoms with van der Waals surface area (Å²) in [5, 5.41) is 18.9. The molecule has 0 spiro atoms. The molecule has 2 heterocycles. The fraction of sp³-hybridized carbons (Fsp3) is 0.444. The monoisotopic (exact) mass is 364 g/mol. The molecule has 1 fully saturated rings. The summed E-state index contributed by atoms with van der Waals surface area (Å²) in [7, 11) is 0. The number of para-hydroxylation sites is 1. The zero-order valence-corrected chi connectivity index (χ0v) is 14.7. The zero-order valence-electron chi connectivity index (χ0n) is 14.7. The highest BCUT2D eigenvalue weighted by Gasteiger charge is 2.45. The van der Waals surface area contributed by atoms with E-state index in [0.717, 1.165) is 15.7 Å². The maximum Gasteiger partial charge on any atom is 0.353 e. The molecular formula is C18H21FN2O5. The van der Waals surface area contributed by atoms with Crippen LogP contribution in [0.5, 0.6) is 11.6 Å². The number of halogens is 1. The standard InChI is InChI=1S/C18H21FN2O5/c1-9-5-4-6-10(2)15(9)26-16-11(3)7-21(18(24)20-16)17-13(19)14(23)12(8-22)25-17/h4-7,12-14,17,22-23H,8H2,1-3H3/t12-,13+,14?,17-/m0/s1. The highest BCUT2D eigenvalue weighted by molar-refractivity contribution is 5.42. The van der Waals surface area contributed by atoms with Crippen LogP contribution in [0.4, 0.5) is 4.39 Å². The van der Waals surface area contributed by atoms with Gasteiger partial charge in [0, 0.05) is 11.8 Å². The van der Waals surface area contributed by atoms with Crippen LogP contribution in [0.1, 0.15) is 22.9 Å². The van der Waals surface area contributed by atoms with Gasteiger partial charge in [0.05, 0.1) is 6.61 Å². The molecule has 26 heavy (non-hydrogen) atoms. The van der Waals surface area contributed by atoms with Crippen molar-refractivity contribution in [1.29, 1.82) is 0 Å². The molecule has 1 saturated heterocycles. The van der Waals surface area contributed by atoms with Crippen LogP contribution in [0.3, 0.4) is 0 Å². The highest BCUT2D eigenvalue weighted by atomic mass is 19.1. The summed E-state index contributed by atoms with van der Waals surface area (Å²) in [6.45, 7) is 4.89.